The van der Waals surface area contributed by atoms with E-state index in [2.05, 4.69) is 23.8 Å². The summed E-state index contributed by atoms with van der Waals surface area (Å²) in [6.45, 7) is 4.74. The highest BCUT2D eigenvalue weighted by Crippen LogP contribution is 2.35. The lowest BCUT2D eigenvalue weighted by Gasteiger charge is -2.33. The van der Waals surface area contributed by atoms with E-state index in [9.17, 15) is 9.59 Å². The molecule has 0 aromatic rings. The maximum atomic E-state index is 10.3. The number of isocyanates is 2. The quantitative estimate of drug-likeness (QED) is 0.540. The maximum absolute atomic E-state index is 10.3. The van der Waals surface area contributed by atoms with Gasteiger partial charge in [0.05, 0.1) is 12.6 Å². The molecule has 0 saturated heterocycles. The molecule has 4 unspecified atom stereocenters. The smallest absolute Gasteiger partial charge is 0.211 e. The van der Waals surface area contributed by atoms with Gasteiger partial charge in [0, 0.05) is 0 Å². The maximum Gasteiger partial charge on any atom is 0.235 e. The molecule has 16 heavy (non-hydrogen) atoms. The zero-order chi connectivity index (χ0) is 12.0. The van der Waals surface area contributed by atoms with Crippen molar-refractivity contribution in [1.82, 2.24) is 0 Å². The van der Waals surface area contributed by atoms with Crippen molar-refractivity contribution >= 4 is 12.2 Å². The van der Waals surface area contributed by atoms with Crippen LogP contribution >= 0.6 is 0 Å². The molecule has 1 aliphatic rings. The fraction of sp³-hybridized carbons (Fsp3) is 0.833. The number of rotatable bonds is 4. The molecule has 4 nitrogen and oxygen atoms in total. The third-order valence-corrected chi connectivity index (χ3v) is 3.66. The van der Waals surface area contributed by atoms with Crippen molar-refractivity contribution in [2.24, 2.45) is 27.7 Å². The zero-order valence-corrected chi connectivity index (χ0v) is 9.85. The lowest BCUT2D eigenvalue weighted by atomic mass is 9.74. The highest BCUT2D eigenvalue weighted by atomic mass is 16.1. The first kappa shape index (κ1) is 12.8. The number of aliphatic imine (C=N–C) groups is 2. The third-order valence-electron chi connectivity index (χ3n) is 3.66. The summed E-state index contributed by atoms with van der Waals surface area (Å²) in [5, 5.41) is 0. The van der Waals surface area contributed by atoms with Crippen LogP contribution in [-0.2, 0) is 9.59 Å². The summed E-state index contributed by atoms with van der Waals surface area (Å²) >= 11 is 0. The van der Waals surface area contributed by atoms with Gasteiger partial charge in [0.15, 0.2) is 0 Å². The average molecular weight is 222 g/mol. The molecule has 1 aliphatic carbocycles. The second-order valence-corrected chi connectivity index (χ2v) is 4.75. The standard InChI is InChI=1S/C12H18N2O2/c1-9-3-4-11(5-12(9)14-8-16)10(2)6-13-7-15/h9-12H,3-6H2,1-2H3. The van der Waals surface area contributed by atoms with Crippen molar-refractivity contribution in [3.8, 4) is 0 Å². The largest absolute Gasteiger partial charge is 0.235 e. The van der Waals surface area contributed by atoms with Crippen LogP contribution in [0.3, 0.4) is 0 Å². The van der Waals surface area contributed by atoms with Crippen LogP contribution in [0.1, 0.15) is 33.1 Å². The summed E-state index contributed by atoms with van der Waals surface area (Å²) in [7, 11) is 0. The van der Waals surface area contributed by atoms with Crippen molar-refractivity contribution in [1.29, 1.82) is 0 Å². The SMILES string of the molecule is CC(CN=C=O)C1CCC(C)C(N=C=O)C1. The van der Waals surface area contributed by atoms with E-state index in [1.165, 1.54) is 0 Å². The van der Waals surface area contributed by atoms with Crippen LogP contribution < -0.4 is 0 Å². The molecule has 1 saturated carbocycles. The van der Waals surface area contributed by atoms with Gasteiger partial charge in [-0.3, -0.25) is 0 Å². The monoisotopic (exact) mass is 222 g/mol. The first-order valence-corrected chi connectivity index (χ1v) is 5.79. The van der Waals surface area contributed by atoms with E-state index in [1.54, 1.807) is 12.2 Å². The summed E-state index contributed by atoms with van der Waals surface area (Å²) in [5.41, 5.74) is 0. The van der Waals surface area contributed by atoms with Gasteiger partial charge in [-0.2, -0.15) is 0 Å². The van der Waals surface area contributed by atoms with Gasteiger partial charge >= 0.3 is 0 Å². The van der Waals surface area contributed by atoms with Crippen LogP contribution in [0.25, 0.3) is 0 Å². The van der Waals surface area contributed by atoms with E-state index >= 15 is 0 Å². The highest BCUT2D eigenvalue weighted by molar-refractivity contribution is 5.34. The molecule has 0 aliphatic heterocycles. The van der Waals surface area contributed by atoms with Crippen LogP contribution in [0.4, 0.5) is 0 Å². The van der Waals surface area contributed by atoms with Gasteiger partial charge in [-0.15, -0.1) is 0 Å². The van der Waals surface area contributed by atoms with Crippen LogP contribution in [0.5, 0.6) is 0 Å². The Hall–Kier alpha value is -1.24. The van der Waals surface area contributed by atoms with Gasteiger partial charge in [-0.1, -0.05) is 13.8 Å². The Kier molecular flexibility index (Phi) is 5.10. The minimum atomic E-state index is 0.0962. The fourth-order valence-electron chi connectivity index (χ4n) is 2.42. The Morgan fingerprint density at radius 1 is 1.31 bits per heavy atom. The molecule has 0 amide bonds. The molecule has 0 bridgehead atoms. The summed E-state index contributed by atoms with van der Waals surface area (Å²) < 4.78 is 0. The zero-order valence-electron chi connectivity index (χ0n) is 9.85. The third kappa shape index (κ3) is 3.41. The first-order chi connectivity index (χ1) is 7.69. The summed E-state index contributed by atoms with van der Waals surface area (Å²) in [5.74, 6) is 1.31. The highest BCUT2D eigenvalue weighted by Gasteiger charge is 2.30. The lowest BCUT2D eigenvalue weighted by molar-refractivity contribution is 0.201. The van der Waals surface area contributed by atoms with Crippen LogP contribution in [0.2, 0.25) is 0 Å². The number of nitrogens with zero attached hydrogens (tertiary/aromatic N) is 2. The Morgan fingerprint density at radius 2 is 2.06 bits per heavy atom. The molecule has 1 rings (SSSR count). The molecular formula is C12H18N2O2. The van der Waals surface area contributed by atoms with Crippen molar-refractivity contribution in [2.75, 3.05) is 6.54 Å². The minimum absolute atomic E-state index is 0.0962. The second kappa shape index (κ2) is 6.37. The molecule has 0 spiro atoms. The fourth-order valence-corrected chi connectivity index (χ4v) is 2.42. The van der Waals surface area contributed by atoms with Crippen LogP contribution in [0.15, 0.2) is 9.98 Å². The first-order valence-electron chi connectivity index (χ1n) is 5.79. The molecule has 0 heterocycles. The van der Waals surface area contributed by atoms with Crippen molar-refractivity contribution in [3.63, 3.8) is 0 Å². The molecule has 0 N–H and O–H groups in total. The molecular weight excluding hydrogens is 204 g/mol. The van der Waals surface area contributed by atoms with E-state index in [1.807, 2.05) is 0 Å². The van der Waals surface area contributed by atoms with E-state index in [0.717, 1.165) is 19.3 Å². The topological polar surface area (TPSA) is 58.9 Å². The average Bonchev–Trinajstić information content (AvgIpc) is 2.29. The molecule has 88 valence electrons. The van der Waals surface area contributed by atoms with Gasteiger partial charge in [0.2, 0.25) is 12.2 Å². The molecule has 1 fully saturated rings. The molecule has 0 aromatic heterocycles. The predicted octanol–water partition coefficient (Wildman–Crippen LogP) is 2.10. The predicted molar refractivity (Wildman–Crippen MR) is 60.6 cm³/mol. The Bertz CT molecular complexity index is 317. The normalized spacial score (nSPS) is 31.0. The van der Waals surface area contributed by atoms with E-state index in [0.29, 0.717) is 24.3 Å². The van der Waals surface area contributed by atoms with Crippen molar-refractivity contribution < 1.29 is 9.59 Å². The number of hydrogen-bond acceptors (Lipinski definition) is 4. The molecule has 4 heteroatoms. The summed E-state index contributed by atoms with van der Waals surface area (Å²) in [6.07, 6.45) is 6.35. The lowest BCUT2D eigenvalue weighted by Crippen LogP contribution is -2.30. The van der Waals surface area contributed by atoms with E-state index in [-0.39, 0.29) is 6.04 Å². The number of carbonyl (C=O) groups excluding carboxylic acids is 2. The summed E-state index contributed by atoms with van der Waals surface area (Å²) in [6, 6.07) is 0.0962. The van der Waals surface area contributed by atoms with Crippen LogP contribution in [-0.4, -0.2) is 24.7 Å². The van der Waals surface area contributed by atoms with E-state index < -0.39 is 0 Å². The summed E-state index contributed by atoms with van der Waals surface area (Å²) in [4.78, 5) is 27.8. The second-order valence-electron chi connectivity index (χ2n) is 4.75. The molecule has 0 aromatic carbocycles. The van der Waals surface area contributed by atoms with Gasteiger partial charge in [-0.25, -0.2) is 19.6 Å². The van der Waals surface area contributed by atoms with Crippen LogP contribution in [0, 0.1) is 17.8 Å². The molecule has 0 radical (unpaired) electrons. The van der Waals surface area contributed by atoms with Gasteiger partial charge in [0.1, 0.15) is 0 Å². The van der Waals surface area contributed by atoms with Crippen molar-refractivity contribution in [2.45, 2.75) is 39.2 Å². The Labute approximate surface area is 95.9 Å². The van der Waals surface area contributed by atoms with E-state index in [4.69, 9.17) is 0 Å². The van der Waals surface area contributed by atoms with Gasteiger partial charge in [0.25, 0.3) is 0 Å². The minimum Gasteiger partial charge on any atom is -0.211 e. The van der Waals surface area contributed by atoms with Gasteiger partial charge in [-0.05, 0) is 37.0 Å². The Morgan fingerprint density at radius 3 is 2.69 bits per heavy atom. The van der Waals surface area contributed by atoms with Crippen molar-refractivity contribution in [3.05, 3.63) is 0 Å². The van der Waals surface area contributed by atoms with Gasteiger partial charge < -0.3 is 0 Å². The number of hydrogen-bond donors (Lipinski definition) is 0. The Balaban J connectivity index is 2.56. The molecule has 4 atom stereocenters.